The van der Waals surface area contributed by atoms with Crippen molar-refractivity contribution in [3.8, 4) is 11.5 Å². The monoisotopic (exact) mass is 427 g/mol. The van der Waals surface area contributed by atoms with Gasteiger partial charge in [0.2, 0.25) is 0 Å². The van der Waals surface area contributed by atoms with Crippen LogP contribution in [0.15, 0.2) is 65.1 Å². The Balaban J connectivity index is 1.95. The van der Waals surface area contributed by atoms with E-state index in [-0.39, 0.29) is 0 Å². The minimum absolute atomic E-state index is 0.367. The molecule has 0 aliphatic heterocycles. The average molecular weight is 428 g/mol. The van der Waals surface area contributed by atoms with E-state index in [0.717, 1.165) is 16.3 Å². The number of ether oxygens (including phenoxy) is 2. The van der Waals surface area contributed by atoms with Gasteiger partial charge in [-0.05, 0) is 59.1 Å². The molecule has 0 saturated carbocycles. The van der Waals surface area contributed by atoms with Gasteiger partial charge in [0, 0.05) is 5.54 Å². The lowest BCUT2D eigenvalue weighted by atomic mass is 10.1. The Kier molecular flexibility index (Phi) is 5.71. The van der Waals surface area contributed by atoms with Crippen molar-refractivity contribution in [3.63, 3.8) is 0 Å². The molecule has 4 nitrogen and oxygen atoms in total. The van der Waals surface area contributed by atoms with Gasteiger partial charge in [-0.2, -0.15) is 0 Å². The molecule has 0 fully saturated rings. The van der Waals surface area contributed by atoms with Crippen LogP contribution in [-0.2, 0) is 6.61 Å². The topological polar surface area (TPSA) is 47.6 Å². The summed E-state index contributed by atoms with van der Waals surface area (Å²) in [6.07, 6.45) is -0.525. The molecule has 0 unspecified atom stereocenters. The van der Waals surface area contributed by atoms with Gasteiger partial charge in [-0.1, -0.05) is 54.6 Å². The lowest BCUT2D eigenvalue weighted by Gasteiger charge is -2.21. The highest BCUT2D eigenvalue weighted by Gasteiger charge is 2.21. The number of nitrogens with one attached hydrogen (secondary N) is 1. The van der Waals surface area contributed by atoms with Crippen molar-refractivity contribution in [1.82, 2.24) is 5.32 Å². The molecule has 140 valence electrons. The number of amides is 1. The first kappa shape index (κ1) is 19.2. The highest BCUT2D eigenvalue weighted by Crippen LogP contribution is 2.42. The van der Waals surface area contributed by atoms with Crippen LogP contribution in [0.5, 0.6) is 11.5 Å². The van der Waals surface area contributed by atoms with E-state index in [1.54, 1.807) is 0 Å². The Morgan fingerprint density at radius 1 is 1.04 bits per heavy atom. The fraction of sp³-hybridized carbons (Fsp3) is 0.227. The van der Waals surface area contributed by atoms with Gasteiger partial charge in [0.05, 0.1) is 4.47 Å². The fourth-order valence-corrected chi connectivity index (χ4v) is 3.26. The number of benzene rings is 3. The van der Waals surface area contributed by atoms with Crippen molar-refractivity contribution in [2.24, 2.45) is 0 Å². The molecule has 27 heavy (non-hydrogen) atoms. The highest BCUT2D eigenvalue weighted by atomic mass is 79.9. The van der Waals surface area contributed by atoms with E-state index in [1.165, 1.54) is 0 Å². The van der Waals surface area contributed by atoms with Crippen molar-refractivity contribution >= 4 is 32.8 Å². The second-order valence-corrected chi connectivity index (χ2v) is 8.07. The van der Waals surface area contributed by atoms with E-state index in [1.807, 2.05) is 81.4 Å². The standard InChI is InChI=1S/C22H22BrNO3/c1-22(2,3)24-21(25)27-20-18(26-14-15-9-5-4-6-10-15)13-16-11-7-8-12-17(16)19(20)23/h4-13H,14H2,1-3H3,(H,24,25). The predicted octanol–water partition coefficient (Wildman–Crippen LogP) is 6.07. The second-order valence-electron chi connectivity index (χ2n) is 7.28. The SMILES string of the molecule is CC(C)(C)NC(=O)Oc1c(OCc2ccccc2)cc2ccccc2c1Br. The first-order chi connectivity index (χ1) is 12.8. The van der Waals surface area contributed by atoms with Crippen LogP contribution in [0, 0.1) is 0 Å². The quantitative estimate of drug-likeness (QED) is 0.549. The highest BCUT2D eigenvalue weighted by molar-refractivity contribution is 9.10. The maximum Gasteiger partial charge on any atom is 0.413 e. The molecule has 0 spiro atoms. The number of carbonyl (C=O) groups is 1. The summed E-state index contributed by atoms with van der Waals surface area (Å²) in [4.78, 5) is 12.3. The number of fused-ring (bicyclic) bond motifs is 1. The molecule has 0 radical (unpaired) electrons. The third kappa shape index (κ3) is 5.01. The molecule has 1 amide bonds. The third-order valence-corrected chi connectivity index (χ3v) is 4.60. The van der Waals surface area contributed by atoms with Crippen molar-refractivity contribution in [1.29, 1.82) is 0 Å². The van der Waals surface area contributed by atoms with Crippen molar-refractivity contribution in [2.45, 2.75) is 32.9 Å². The van der Waals surface area contributed by atoms with E-state index in [9.17, 15) is 4.79 Å². The van der Waals surface area contributed by atoms with Gasteiger partial charge in [0.25, 0.3) is 0 Å². The van der Waals surface area contributed by atoms with Gasteiger partial charge < -0.3 is 14.8 Å². The summed E-state index contributed by atoms with van der Waals surface area (Å²) in [7, 11) is 0. The molecule has 0 heterocycles. The summed E-state index contributed by atoms with van der Waals surface area (Å²) in [5.74, 6) is 0.875. The molecule has 0 bridgehead atoms. The Morgan fingerprint density at radius 3 is 2.41 bits per heavy atom. The smallest absolute Gasteiger partial charge is 0.413 e. The molecule has 0 aliphatic carbocycles. The molecule has 0 atom stereocenters. The van der Waals surface area contributed by atoms with E-state index < -0.39 is 11.6 Å². The lowest BCUT2D eigenvalue weighted by molar-refractivity contribution is 0.186. The number of rotatable bonds is 4. The van der Waals surface area contributed by atoms with Crippen LogP contribution in [0.4, 0.5) is 4.79 Å². The van der Waals surface area contributed by atoms with Gasteiger partial charge in [-0.3, -0.25) is 0 Å². The van der Waals surface area contributed by atoms with Crippen LogP contribution in [0.3, 0.4) is 0 Å². The average Bonchev–Trinajstić information content (AvgIpc) is 2.62. The Morgan fingerprint density at radius 2 is 1.70 bits per heavy atom. The molecule has 0 saturated heterocycles. The summed E-state index contributed by atoms with van der Waals surface area (Å²) >= 11 is 3.58. The molecule has 0 aliphatic rings. The van der Waals surface area contributed by atoms with Crippen molar-refractivity contribution in [2.75, 3.05) is 0 Å². The van der Waals surface area contributed by atoms with Crippen molar-refractivity contribution in [3.05, 3.63) is 70.7 Å². The molecule has 1 N–H and O–H groups in total. The maximum absolute atomic E-state index is 12.3. The summed E-state index contributed by atoms with van der Waals surface area (Å²) in [5, 5.41) is 4.75. The lowest BCUT2D eigenvalue weighted by Crippen LogP contribution is -2.42. The van der Waals surface area contributed by atoms with Crippen LogP contribution in [0.2, 0.25) is 0 Å². The molecular weight excluding hydrogens is 406 g/mol. The van der Waals surface area contributed by atoms with Crippen LogP contribution >= 0.6 is 15.9 Å². The zero-order valence-corrected chi connectivity index (χ0v) is 17.2. The van der Waals surface area contributed by atoms with E-state index in [2.05, 4.69) is 21.2 Å². The van der Waals surface area contributed by atoms with Gasteiger partial charge in [0.15, 0.2) is 11.5 Å². The summed E-state index contributed by atoms with van der Waals surface area (Å²) in [6, 6.07) is 19.6. The van der Waals surface area contributed by atoms with Crippen LogP contribution in [-0.4, -0.2) is 11.6 Å². The van der Waals surface area contributed by atoms with Crippen molar-refractivity contribution < 1.29 is 14.3 Å². The number of hydrogen-bond acceptors (Lipinski definition) is 3. The normalized spacial score (nSPS) is 11.3. The first-order valence-electron chi connectivity index (χ1n) is 8.71. The zero-order valence-electron chi connectivity index (χ0n) is 15.6. The molecule has 3 aromatic carbocycles. The second kappa shape index (κ2) is 8.01. The summed E-state index contributed by atoms with van der Waals surface area (Å²) in [5.41, 5.74) is 0.637. The number of halogens is 1. The van der Waals surface area contributed by atoms with Gasteiger partial charge in [-0.25, -0.2) is 4.79 Å². The van der Waals surface area contributed by atoms with Crippen LogP contribution in [0.1, 0.15) is 26.3 Å². The maximum atomic E-state index is 12.3. The fourth-order valence-electron chi connectivity index (χ4n) is 2.62. The Labute approximate surface area is 167 Å². The van der Waals surface area contributed by atoms with E-state index in [4.69, 9.17) is 9.47 Å². The molecule has 0 aromatic heterocycles. The molecule has 3 rings (SSSR count). The first-order valence-corrected chi connectivity index (χ1v) is 9.51. The Hall–Kier alpha value is -2.53. The molecule has 5 heteroatoms. The minimum Gasteiger partial charge on any atom is -0.485 e. The summed E-state index contributed by atoms with van der Waals surface area (Å²) in [6.45, 7) is 6.08. The van der Waals surface area contributed by atoms with E-state index in [0.29, 0.717) is 22.6 Å². The van der Waals surface area contributed by atoms with Crippen LogP contribution < -0.4 is 14.8 Å². The van der Waals surface area contributed by atoms with Gasteiger partial charge >= 0.3 is 6.09 Å². The number of hydrogen-bond donors (Lipinski definition) is 1. The van der Waals surface area contributed by atoms with Crippen LogP contribution in [0.25, 0.3) is 10.8 Å². The van der Waals surface area contributed by atoms with E-state index >= 15 is 0 Å². The Bertz CT molecular complexity index is 949. The van der Waals surface area contributed by atoms with Gasteiger partial charge in [-0.15, -0.1) is 0 Å². The molecule has 3 aromatic rings. The zero-order chi connectivity index (χ0) is 19.4. The minimum atomic E-state index is -0.525. The number of carbonyl (C=O) groups excluding carboxylic acids is 1. The largest absolute Gasteiger partial charge is 0.485 e. The molecular formula is C22H22BrNO3. The van der Waals surface area contributed by atoms with Gasteiger partial charge in [0.1, 0.15) is 6.61 Å². The predicted molar refractivity (Wildman–Crippen MR) is 111 cm³/mol. The third-order valence-electron chi connectivity index (χ3n) is 3.82. The summed E-state index contributed by atoms with van der Waals surface area (Å²) < 4.78 is 12.3.